The fraction of sp³-hybridized carbons (Fsp3) is 0.308. The van der Waals surface area contributed by atoms with Crippen molar-refractivity contribution in [3.05, 3.63) is 45.6 Å². The highest BCUT2D eigenvalue weighted by atomic mass is 35.5. The van der Waals surface area contributed by atoms with E-state index in [1.54, 1.807) is 6.07 Å². The van der Waals surface area contributed by atoms with E-state index < -0.39 is 0 Å². The largest absolute Gasteiger partial charge is 0.382 e. The zero-order valence-corrected chi connectivity index (χ0v) is 11.2. The quantitative estimate of drug-likeness (QED) is 0.881. The molecule has 0 unspecified atom stereocenters. The molecule has 1 fully saturated rings. The molecule has 1 aliphatic rings. The number of nitrogens with one attached hydrogen (secondary N) is 1. The molecule has 0 bridgehead atoms. The van der Waals surface area contributed by atoms with Crippen LogP contribution in [0.3, 0.4) is 0 Å². The fourth-order valence-electron chi connectivity index (χ4n) is 2.67. The Bertz CT molecular complexity index is 588. The number of aromatic amines is 1. The molecule has 3 nitrogen and oxygen atoms in total. The molecule has 1 heterocycles. The number of benzene rings is 1. The van der Waals surface area contributed by atoms with Crippen molar-refractivity contribution in [1.29, 1.82) is 0 Å². The van der Waals surface area contributed by atoms with Gasteiger partial charge < -0.3 is 5.73 Å². The first-order valence-corrected chi connectivity index (χ1v) is 6.64. The van der Waals surface area contributed by atoms with E-state index >= 15 is 0 Å². The van der Waals surface area contributed by atoms with E-state index in [9.17, 15) is 0 Å². The van der Waals surface area contributed by atoms with Gasteiger partial charge in [0, 0.05) is 27.2 Å². The first-order valence-electron chi connectivity index (χ1n) is 5.89. The number of aromatic nitrogens is 2. The van der Waals surface area contributed by atoms with Gasteiger partial charge in [0.25, 0.3) is 0 Å². The third kappa shape index (κ3) is 1.70. The van der Waals surface area contributed by atoms with E-state index in [0.717, 1.165) is 24.1 Å². The predicted molar refractivity (Wildman–Crippen MR) is 74.1 cm³/mol. The number of nitrogen functional groups attached to an aromatic ring is 1. The molecule has 94 valence electrons. The summed E-state index contributed by atoms with van der Waals surface area (Å²) in [5.74, 6) is 0.515. The summed E-state index contributed by atoms with van der Waals surface area (Å²) >= 11 is 12.3. The lowest BCUT2D eigenvalue weighted by Gasteiger charge is -2.42. The molecular weight excluding hydrogens is 269 g/mol. The lowest BCUT2D eigenvalue weighted by molar-refractivity contribution is 0.293. The molecule has 2 aromatic rings. The summed E-state index contributed by atoms with van der Waals surface area (Å²) in [6, 6.07) is 7.56. The van der Waals surface area contributed by atoms with E-state index in [1.165, 1.54) is 6.42 Å². The number of halogens is 2. The number of hydrogen-bond acceptors (Lipinski definition) is 2. The highest BCUT2D eigenvalue weighted by Gasteiger charge is 2.43. The molecule has 5 heteroatoms. The van der Waals surface area contributed by atoms with Crippen LogP contribution in [0, 0.1) is 0 Å². The molecule has 0 saturated heterocycles. The Morgan fingerprint density at radius 3 is 2.50 bits per heavy atom. The zero-order valence-electron chi connectivity index (χ0n) is 9.71. The maximum atomic E-state index is 6.33. The van der Waals surface area contributed by atoms with Gasteiger partial charge in [-0.15, -0.1) is 0 Å². The van der Waals surface area contributed by atoms with Crippen molar-refractivity contribution in [1.82, 2.24) is 10.2 Å². The standard InChI is InChI=1S/C13H13Cl2N3/c14-8-2-3-9(10(15)6-8)13(4-1-5-13)11-7-12(16)18-17-11/h2-3,6-7H,1,4-5H2,(H3,16,17,18). The second kappa shape index (κ2) is 4.18. The highest BCUT2D eigenvalue weighted by molar-refractivity contribution is 6.35. The molecule has 0 atom stereocenters. The number of nitrogens with two attached hydrogens (primary N) is 1. The zero-order chi connectivity index (χ0) is 12.8. The second-order valence-corrected chi connectivity index (χ2v) is 5.61. The summed E-state index contributed by atoms with van der Waals surface area (Å²) in [5.41, 5.74) is 7.76. The van der Waals surface area contributed by atoms with Gasteiger partial charge in [0.1, 0.15) is 5.82 Å². The van der Waals surface area contributed by atoms with E-state index in [-0.39, 0.29) is 5.41 Å². The average molecular weight is 282 g/mol. The van der Waals surface area contributed by atoms with Gasteiger partial charge in [0.2, 0.25) is 0 Å². The van der Waals surface area contributed by atoms with Crippen molar-refractivity contribution >= 4 is 29.0 Å². The van der Waals surface area contributed by atoms with E-state index in [4.69, 9.17) is 28.9 Å². The van der Waals surface area contributed by atoms with Crippen LogP contribution in [0.25, 0.3) is 0 Å². The minimum absolute atomic E-state index is 0.0771. The highest BCUT2D eigenvalue weighted by Crippen LogP contribution is 2.50. The van der Waals surface area contributed by atoms with Crippen molar-refractivity contribution in [3.8, 4) is 0 Å². The van der Waals surface area contributed by atoms with E-state index in [0.29, 0.717) is 15.9 Å². The fourth-order valence-corrected chi connectivity index (χ4v) is 3.26. The van der Waals surface area contributed by atoms with Gasteiger partial charge >= 0.3 is 0 Å². The Morgan fingerprint density at radius 2 is 2.00 bits per heavy atom. The third-order valence-electron chi connectivity index (χ3n) is 3.77. The van der Waals surface area contributed by atoms with Crippen molar-refractivity contribution in [2.24, 2.45) is 0 Å². The molecule has 3 rings (SSSR count). The Labute approximate surface area is 115 Å². The van der Waals surface area contributed by atoms with Crippen LogP contribution < -0.4 is 5.73 Å². The van der Waals surface area contributed by atoms with Gasteiger partial charge in [0.05, 0.1) is 0 Å². The topological polar surface area (TPSA) is 54.7 Å². The summed E-state index contributed by atoms with van der Waals surface area (Å²) in [5, 5.41) is 8.40. The van der Waals surface area contributed by atoms with Crippen LogP contribution >= 0.6 is 23.2 Å². The van der Waals surface area contributed by atoms with Crippen LogP contribution in [0.15, 0.2) is 24.3 Å². The Balaban J connectivity index is 2.11. The average Bonchev–Trinajstić information content (AvgIpc) is 2.67. The Kier molecular flexibility index (Phi) is 2.76. The first kappa shape index (κ1) is 11.9. The normalized spacial score (nSPS) is 17.4. The number of anilines is 1. The van der Waals surface area contributed by atoms with E-state index in [1.807, 2.05) is 18.2 Å². The number of rotatable bonds is 2. The summed E-state index contributed by atoms with van der Waals surface area (Å²) in [6.45, 7) is 0. The van der Waals surface area contributed by atoms with Crippen molar-refractivity contribution in [3.63, 3.8) is 0 Å². The molecule has 1 aliphatic carbocycles. The van der Waals surface area contributed by atoms with E-state index in [2.05, 4.69) is 10.2 Å². The number of nitrogens with zero attached hydrogens (tertiary/aromatic N) is 1. The van der Waals surface area contributed by atoms with Gasteiger partial charge in [0.15, 0.2) is 0 Å². The third-order valence-corrected chi connectivity index (χ3v) is 4.31. The lowest BCUT2D eigenvalue weighted by Crippen LogP contribution is -2.36. The van der Waals surface area contributed by atoms with Crippen molar-refractivity contribution in [2.45, 2.75) is 24.7 Å². The van der Waals surface area contributed by atoms with Crippen LogP contribution in [0.4, 0.5) is 5.82 Å². The summed E-state index contributed by atoms with van der Waals surface area (Å²) < 4.78 is 0. The molecule has 1 aromatic carbocycles. The van der Waals surface area contributed by atoms with Crippen LogP contribution in [-0.4, -0.2) is 10.2 Å². The van der Waals surface area contributed by atoms with Crippen LogP contribution in [0.1, 0.15) is 30.5 Å². The Morgan fingerprint density at radius 1 is 1.22 bits per heavy atom. The number of H-pyrrole nitrogens is 1. The van der Waals surface area contributed by atoms with Crippen molar-refractivity contribution < 1.29 is 0 Å². The van der Waals surface area contributed by atoms with Gasteiger partial charge in [-0.1, -0.05) is 35.7 Å². The molecule has 18 heavy (non-hydrogen) atoms. The maximum absolute atomic E-state index is 6.33. The monoisotopic (exact) mass is 281 g/mol. The van der Waals surface area contributed by atoms with Crippen LogP contribution in [-0.2, 0) is 5.41 Å². The first-order chi connectivity index (χ1) is 8.62. The van der Waals surface area contributed by atoms with Crippen molar-refractivity contribution in [2.75, 3.05) is 5.73 Å². The van der Waals surface area contributed by atoms with Gasteiger partial charge in [-0.25, -0.2) is 0 Å². The minimum Gasteiger partial charge on any atom is -0.382 e. The summed E-state index contributed by atoms with van der Waals surface area (Å²) in [7, 11) is 0. The van der Waals surface area contributed by atoms with Gasteiger partial charge in [-0.3, -0.25) is 5.10 Å². The summed E-state index contributed by atoms with van der Waals surface area (Å²) in [6.07, 6.45) is 3.28. The molecule has 0 amide bonds. The molecule has 0 spiro atoms. The Hall–Kier alpha value is -1.19. The van der Waals surface area contributed by atoms with Gasteiger partial charge in [-0.05, 0) is 30.5 Å². The molecule has 0 radical (unpaired) electrons. The smallest absolute Gasteiger partial charge is 0.145 e. The minimum atomic E-state index is -0.0771. The van der Waals surface area contributed by atoms with Crippen LogP contribution in [0.2, 0.25) is 10.0 Å². The summed E-state index contributed by atoms with van der Waals surface area (Å²) in [4.78, 5) is 0. The maximum Gasteiger partial charge on any atom is 0.145 e. The second-order valence-electron chi connectivity index (χ2n) is 4.77. The molecular formula is C13H13Cl2N3. The molecule has 3 N–H and O–H groups in total. The number of hydrogen-bond donors (Lipinski definition) is 2. The lowest BCUT2D eigenvalue weighted by atomic mass is 9.62. The van der Waals surface area contributed by atoms with Gasteiger partial charge in [-0.2, -0.15) is 5.10 Å². The molecule has 1 aromatic heterocycles. The SMILES string of the molecule is Nc1cc(C2(c3ccc(Cl)cc3Cl)CCC2)[nH]n1. The predicted octanol–water partition coefficient (Wildman–Crippen LogP) is 3.77. The molecule has 1 saturated carbocycles. The molecule has 0 aliphatic heterocycles. The van der Waals surface area contributed by atoms with Crippen LogP contribution in [0.5, 0.6) is 0 Å².